The molecule has 3 rings (SSSR count). The number of pyridine rings is 2. The van der Waals surface area contributed by atoms with Crippen LogP contribution in [0.5, 0.6) is 0 Å². The molecule has 2 heterocycles. The van der Waals surface area contributed by atoms with Crippen LogP contribution in [0, 0.1) is 0 Å². The molecule has 3 aromatic rings. The van der Waals surface area contributed by atoms with Crippen LogP contribution in [0.3, 0.4) is 0 Å². The van der Waals surface area contributed by atoms with Crippen molar-refractivity contribution in [3.05, 3.63) is 85.8 Å². The monoisotopic (exact) mass is 579 g/mol. The van der Waals surface area contributed by atoms with E-state index in [1.54, 1.807) is 12.4 Å². The summed E-state index contributed by atoms with van der Waals surface area (Å²) in [5.41, 5.74) is 1.95. The number of ketones is 3. The molecule has 36 heavy (non-hydrogen) atoms. The number of hydrogen-bond donors (Lipinski definition) is 0. The molecule has 191 valence electrons. The number of carbonyl (C=O) groups excluding carboxylic acids is 3. The van der Waals surface area contributed by atoms with Crippen LogP contribution in [0.15, 0.2) is 85.8 Å². The standard InChI is InChI=1S/C12H8N2.3C5H8O2.Ru/c1-3-9-5-6-10-4-2-8-14-12(10)11(9)13-7-1;3*1-4(6)3-5(2)7;/h1-8H;3*6H,1,3H2,2H3;/q;;;;+3/p-3. The number of carbonyl (C=O) groups is 3. The molecule has 0 aliphatic rings. The van der Waals surface area contributed by atoms with Gasteiger partial charge < -0.3 is 15.3 Å². The molecule has 8 nitrogen and oxygen atoms in total. The van der Waals surface area contributed by atoms with Crippen molar-refractivity contribution in [1.82, 2.24) is 9.97 Å². The predicted octanol–water partition coefficient (Wildman–Crippen LogP) is 2.30. The Balaban J connectivity index is 0. The molecular weight excluding hydrogens is 549 g/mol. The van der Waals surface area contributed by atoms with Gasteiger partial charge in [0.2, 0.25) is 0 Å². The Kier molecular flexibility index (Phi) is 17.8. The average molecular weight is 579 g/mol. The van der Waals surface area contributed by atoms with Crippen LogP contribution in [0.25, 0.3) is 21.8 Å². The summed E-state index contributed by atoms with van der Waals surface area (Å²) in [5, 5.41) is 32.0. The van der Waals surface area contributed by atoms with Gasteiger partial charge in [0, 0.05) is 42.4 Å². The van der Waals surface area contributed by atoms with Gasteiger partial charge in [-0.2, -0.15) is 0 Å². The van der Waals surface area contributed by atoms with Crippen molar-refractivity contribution in [3.8, 4) is 0 Å². The molecule has 0 atom stereocenters. The number of allylic oxidation sites excluding steroid dienone is 3. The summed E-state index contributed by atoms with van der Waals surface area (Å²) in [6, 6.07) is 12.1. The second-order valence-corrected chi connectivity index (χ2v) is 7.47. The maximum absolute atomic E-state index is 9.99. The molecule has 1 radical (unpaired) electrons. The Bertz CT molecular complexity index is 1050. The molecule has 0 aliphatic heterocycles. The first kappa shape index (κ1) is 34.5. The molecule has 9 heteroatoms. The third-order valence-corrected chi connectivity index (χ3v) is 3.68. The van der Waals surface area contributed by atoms with Crippen molar-refractivity contribution in [2.75, 3.05) is 0 Å². The van der Waals surface area contributed by atoms with Crippen LogP contribution in [0.4, 0.5) is 0 Å². The third kappa shape index (κ3) is 16.8. The van der Waals surface area contributed by atoms with Crippen molar-refractivity contribution in [3.63, 3.8) is 0 Å². The van der Waals surface area contributed by atoms with Gasteiger partial charge in [-0.1, -0.05) is 24.3 Å². The maximum Gasteiger partial charge on any atom is 3.00 e. The van der Waals surface area contributed by atoms with Gasteiger partial charge in [-0.25, -0.2) is 0 Å². The van der Waals surface area contributed by atoms with Crippen LogP contribution >= 0.6 is 0 Å². The molecule has 0 saturated heterocycles. The summed E-state index contributed by atoms with van der Waals surface area (Å²) >= 11 is 0. The van der Waals surface area contributed by atoms with Crippen LogP contribution < -0.4 is 15.3 Å². The van der Waals surface area contributed by atoms with Gasteiger partial charge in [-0.3, -0.25) is 24.4 Å². The molecule has 0 unspecified atom stereocenters. The Morgan fingerprint density at radius 2 is 0.917 bits per heavy atom. The predicted molar refractivity (Wildman–Crippen MR) is 130 cm³/mol. The summed E-state index contributed by atoms with van der Waals surface area (Å²) in [7, 11) is 0. The number of aromatic nitrogens is 2. The minimum absolute atomic E-state index is 0. The number of nitrogens with zero attached hydrogens (tertiary/aromatic N) is 2. The number of benzene rings is 1. The summed E-state index contributed by atoms with van der Waals surface area (Å²) in [5.74, 6) is -1.31. The van der Waals surface area contributed by atoms with Gasteiger partial charge in [0.05, 0.1) is 11.0 Å². The normalized spacial score (nSPS) is 8.97. The maximum atomic E-state index is 9.99. The fourth-order valence-electron chi connectivity index (χ4n) is 2.51. The first-order valence-corrected chi connectivity index (χ1v) is 10.4. The molecule has 0 fully saturated rings. The number of hydrogen-bond acceptors (Lipinski definition) is 8. The summed E-state index contributed by atoms with van der Waals surface area (Å²) in [6.07, 6.45) is 3.52. The second-order valence-electron chi connectivity index (χ2n) is 7.47. The first-order valence-electron chi connectivity index (χ1n) is 10.4. The van der Waals surface area contributed by atoms with E-state index in [2.05, 4.69) is 54.0 Å². The van der Waals surface area contributed by atoms with Crippen LogP contribution in [0.1, 0.15) is 40.0 Å². The second kappa shape index (κ2) is 18.6. The largest absolute Gasteiger partial charge is 3.00 e. The third-order valence-electron chi connectivity index (χ3n) is 3.68. The summed E-state index contributed by atoms with van der Waals surface area (Å²) in [4.78, 5) is 38.7. The van der Waals surface area contributed by atoms with Crippen molar-refractivity contribution < 1.29 is 49.2 Å². The van der Waals surface area contributed by atoms with E-state index >= 15 is 0 Å². The number of Topliss-reactive ketones (excluding diaryl/α,β-unsaturated/α-hetero) is 3. The van der Waals surface area contributed by atoms with Gasteiger partial charge in [0.15, 0.2) is 0 Å². The smallest absolute Gasteiger partial charge is 0.876 e. The fraction of sp³-hybridized carbons (Fsp3) is 0.222. The summed E-state index contributed by atoms with van der Waals surface area (Å²) in [6.45, 7) is 13.1. The number of rotatable bonds is 6. The number of fused-ring (bicyclic) bond motifs is 3. The van der Waals surface area contributed by atoms with Crippen molar-refractivity contribution in [2.24, 2.45) is 0 Å². The first-order chi connectivity index (χ1) is 16.3. The van der Waals surface area contributed by atoms with Crippen LogP contribution in [-0.2, 0) is 33.9 Å². The van der Waals surface area contributed by atoms with Gasteiger partial charge in [0.25, 0.3) is 0 Å². The Morgan fingerprint density at radius 3 is 1.11 bits per heavy atom. The molecule has 0 amide bonds. The van der Waals surface area contributed by atoms with E-state index in [0.29, 0.717) is 0 Å². The summed E-state index contributed by atoms with van der Waals surface area (Å²) < 4.78 is 0. The van der Waals surface area contributed by atoms with Crippen molar-refractivity contribution in [1.29, 1.82) is 0 Å². The fourth-order valence-corrected chi connectivity index (χ4v) is 2.51. The van der Waals surface area contributed by atoms with E-state index in [4.69, 9.17) is 0 Å². The van der Waals surface area contributed by atoms with Gasteiger partial charge in [-0.05, 0) is 32.9 Å². The zero-order valence-corrected chi connectivity index (χ0v) is 22.3. The molecule has 1 aromatic carbocycles. The van der Waals surface area contributed by atoms with Gasteiger partial charge in [-0.15, -0.1) is 37.0 Å². The van der Waals surface area contributed by atoms with Gasteiger partial charge in [0.1, 0.15) is 17.3 Å². The van der Waals surface area contributed by atoms with E-state index in [-0.39, 0.29) is 73.4 Å². The van der Waals surface area contributed by atoms with Crippen LogP contribution in [-0.4, -0.2) is 27.3 Å². The van der Waals surface area contributed by atoms with E-state index in [0.717, 1.165) is 21.8 Å². The molecular formula is C27H29N2O6Ru. The zero-order chi connectivity index (χ0) is 27.0. The van der Waals surface area contributed by atoms with Gasteiger partial charge >= 0.3 is 19.5 Å². The topological polar surface area (TPSA) is 146 Å². The van der Waals surface area contributed by atoms with E-state index < -0.39 is 0 Å². The molecule has 2 aromatic heterocycles. The minimum atomic E-state index is -0.312. The SMILES string of the molecule is C=C([O-])CC(C)=O.C=C([O-])CC(C)=O.C=C([O-])CC(C)=O.[Ru+3].c1cnc2c(c1)ccc1cccnc12. The Hall–Kier alpha value is -3.71. The van der Waals surface area contributed by atoms with Crippen molar-refractivity contribution >= 4 is 39.2 Å². The zero-order valence-electron chi connectivity index (χ0n) is 20.6. The van der Waals surface area contributed by atoms with Crippen LogP contribution in [0.2, 0.25) is 0 Å². The average Bonchev–Trinajstić information content (AvgIpc) is 2.72. The van der Waals surface area contributed by atoms with Crippen molar-refractivity contribution in [2.45, 2.75) is 40.0 Å². The van der Waals surface area contributed by atoms with E-state index in [9.17, 15) is 29.7 Å². The minimum Gasteiger partial charge on any atom is -0.876 e. The molecule has 0 N–H and O–H groups in total. The molecule has 0 aliphatic carbocycles. The van der Waals surface area contributed by atoms with E-state index in [1.807, 2.05) is 12.1 Å². The Morgan fingerprint density at radius 1 is 0.639 bits per heavy atom. The molecule has 0 spiro atoms. The quantitative estimate of drug-likeness (QED) is 0.246. The molecule has 0 saturated carbocycles. The molecule has 0 bridgehead atoms. The Labute approximate surface area is 223 Å². The van der Waals surface area contributed by atoms with E-state index in [1.165, 1.54) is 20.8 Å².